The van der Waals surface area contributed by atoms with Gasteiger partial charge in [0.2, 0.25) is 5.91 Å². The standard InChI is InChI=1S/C28H27NO3/c1-17-11-12-22(13-18(17)2)29-26(30)14-19(3)23-15-24-25(21-9-7-6-8-10-21)16-32-28(24)20(4)27(23)31-5/h6-16H,1-5H3,(H,29,30)/b19-14+. The van der Waals surface area contributed by atoms with Crippen LogP contribution in [0, 0.1) is 20.8 Å². The fourth-order valence-electron chi connectivity index (χ4n) is 3.98. The van der Waals surface area contributed by atoms with Gasteiger partial charge in [0.15, 0.2) is 0 Å². The van der Waals surface area contributed by atoms with Gasteiger partial charge >= 0.3 is 0 Å². The third-order valence-corrected chi connectivity index (χ3v) is 5.88. The number of hydrogen-bond acceptors (Lipinski definition) is 3. The van der Waals surface area contributed by atoms with E-state index in [9.17, 15) is 4.79 Å². The number of carbonyl (C=O) groups is 1. The lowest BCUT2D eigenvalue weighted by Gasteiger charge is -2.13. The molecule has 0 spiro atoms. The fraction of sp³-hybridized carbons (Fsp3) is 0.179. The Morgan fingerprint density at radius 3 is 2.44 bits per heavy atom. The molecule has 1 heterocycles. The van der Waals surface area contributed by atoms with Crippen molar-refractivity contribution < 1.29 is 13.9 Å². The van der Waals surface area contributed by atoms with Crippen LogP contribution in [0.3, 0.4) is 0 Å². The zero-order chi connectivity index (χ0) is 22.8. The maximum Gasteiger partial charge on any atom is 0.248 e. The number of aryl methyl sites for hydroxylation is 3. The van der Waals surface area contributed by atoms with Gasteiger partial charge in [-0.3, -0.25) is 4.79 Å². The summed E-state index contributed by atoms with van der Waals surface area (Å²) in [6.45, 7) is 7.98. The Kier molecular flexibility index (Phi) is 5.87. The van der Waals surface area contributed by atoms with E-state index in [-0.39, 0.29) is 5.91 Å². The Bertz CT molecular complexity index is 1330. The van der Waals surface area contributed by atoms with Gasteiger partial charge in [-0.15, -0.1) is 0 Å². The van der Waals surface area contributed by atoms with Gasteiger partial charge in [-0.25, -0.2) is 0 Å². The van der Waals surface area contributed by atoms with E-state index in [4.69, 9.17) is 9.15 Å². The van der Waals surface area contributed by atoms with Crippen molar-refractivity contribution in [2.24, 2.45) is 0 Å². The Balaban J connectivity index is 1.74. The van der Waals surface area contributed by atoms with Crippen LogP contribution in [0.15, 0.2) is 71.4 Å². The predicted octanol–water partition coefficient (Wildman–Crippen LogP) is 7.08. The number of hydrogen-bond donors (Lipinski definition) is 1. The van der Waals surface area contributed by atoms with Crippen LogP contribution < -0.4 is 10.1 Å². The van der Waals surface area contributed by atoms with Crippen LogP contribution in [0.2, 0.25) is 0 Å². The highest BCUT2D eigenvalue weighted by Crippen LogP contribution is 2.40. The van der Waals surface area contributed by atoms with E-state index < -0.39 is 0 Å². The van der Waals surface area contributed by atoms with Crippen molar-refractivity contribution in [2.45, 2.75) is 27.7 Å². The van der Waals surface area contributed by atoms with Crippen molar-refractivity contribution in [1.82, 2.24) is 0 Å². The number of fused-ring (bicyclic) bond motifs is 1. The zero-order valence-electron chi connectivity index (χ0n) is 19.1. The summed E-state index contributed by atoms with van der Waals surface area (Å²) < 4.78 is 11.6. The van der Waals surface area contributed by atoms with Crippen LogP contribution in [-0.4, -0.2) is 13.0 Å². The van der Waals surface area contributed by atoms with Gasteiger partial charge in [-0.2, -0.15) is 0 Å². The van der Waals surface area contributed by atoms with Gasteiger partial charge in [0.25, 0.3) is 0 Å². The molecule has 0 aliphatic rings. The summed E-state index contributed by atoms with van der Waals surface area (Å²) in [7, 11) is 1.64. The fourth-order valence-corrected chi connectivity index (χ4v) is 3.98. The van der Waals surface area contributed by atoms with Crippen LogP contribution in [0.5, 0.6) is 5.75 Å². The Morgan fingerprint density at radius 1 is 1.00 bits per heavy atom. The van der Waals surface area contributed by atoms with E-state index in [0.717, 1.165) is 50.0 Å². The van der Waals surface area contributed by atoms with Crippen LogP contribution in [0.4, 0.5) is 5.69 Å². The minimum Gasteiger partial charge on any atom is -0.496 e. The molecule has 1 amide bonds. The van der Waals surface area contributed by atoms with E-state index in [1.807, 2.05) is 63.2 Å². The summed E-state index contributed by atoms with van der Waals surface area (Å²) in [5, 5.41) is 3.95. The second-order valence-electron chi connectivity index (χ2n) is 8.09. The van der Waals surface area contributed by atoms with Gasteiger partial charge in [-0.05, 0) is 68.2 Å². The molecule has 0 atom stereocenters. The summed E-state index contributed by atoms with van der Waals surface area (Å²) in [4.78, 5) is 12.7. The van der Waals surface area contributed by atoms with Crippen molar-refractivity contribution in [3.63, 3.8) is 0 Å². The molecule has 4 nitrogen and oxygen atoms in total. The molecular weight excluding hydrogens is 398 g/mol. The number of ether oxygens (including phenoxy) is 1. The highest BCUT2D eigenvalue weighted by atomic mass is 16.5. The average molecular weight is 426 g/mol. The topological polar surface area (TPSA) is 51.5 Å². The highest BCUT2D eigenvalue weighted by Gasteiger charge is 2.18. The molecule has 0 saturated carbocycles. The number of methoxy groups -OCH3 is 1. The maximum atomic E-state index is 12.7. The van der Waals surface area contributed by atoms with Gasteiger partial charge in [0.1, 0.15) is 11.3 Å². The monoisotopic (exact) mass is 425 g/mol. The maximum absolute atomic E-state index is 12.7. The molecule has 1 N–H and O–H groups in total. The number of allylic oxidation sites excluding steroid dienone is 1. The van der Waals surface area contributed by atoms with Gasteiger partial charge in [-0.1, -0.05) is 36.4 Å². The van der Waals surface area contributed by atoms with Crippen LogP contribution in [0.1, 0.15) is 29.2 Å². The van der Waals surface area contributed by atoms with Crippen LogP contribution >= 0.6 is 0 Å². The lowest BCUT2D eigenvalue weighted by atomic mass is 9.96. The molecule has 0 aliphatic carbocycles. The molecule has 0 fully saturated rings. The van der Waals surface area contributed by atoms with Gasteiger partial charge < -0.3 is 14.5 Å². The first-order valence-corrected chi connectivity index (χ1v) is 10.6. The quantitative estimate of drug-likeness (QED) is 0.348. The molecular formula is C28H27NO3. The molecule has 4 rings (SSSR count). The van der Waals surface area contributed by atoms with Crippen molar-refractivity contribution in [1.29, 1.82) is 0 Å². The molecule has 32 heavy (non-hydrogen) atoms. The molecule has 4 heteroatoms. The summed E-state index contributed by atoms with van der Waals surface area (Å²) >= 11 is 0. The number of amides is 1. The van der Waals surface area contributed by atoms with Crippen molar-refractivity contribution in [3.8, 4) is 16.9 Å². The normalized spacial score (nSPS) is 11.6. The predicted molar refractivity (Wildman–Crippen MR) is 131 cm³/mol. The minimum atomic E-state index is -0.180. The van der Waals surface area contributed by atoms with E-state index >= 15 is 0 Å². The second kappa shape index (κ2) is 8.75. The number of benzene rings is 3. The minimum absolute atomic E-state index is 0.180. The molecule has 0 aliphatic heterocycles. The zero-order valence-corrected chi connectivity index (χ0v) is 19.1. The van der Waals surface area contributed by atoms with Gasteiger partial charge in [0, 0.05) is 33.8 Å². The first-order valence-electron chi connectivity index (χ1n) is 10.6. The summed E-state index contributed by atoms with van der Waals surface area (Å²) in [5.74, 6) is 0.528. The number of anilines is 1. The second-order valence-corrected chi connectivity index (χ2v) is 8.09. The number of nitrogens with one attached hydrogen (secondary N) is 1. The number of carbonyl (C=O) groups excluding carboxylic acids is 1. The summed E-state index contributed by atoms with van der Waals surface area (Å²) in [6.07, 6.45) is 3.39. The Morgan fingerprint density at radius 2 is 1.75 bits per heavy atom. The first-order chi connectivity index (χ1) is 15.4. The van der Waals surface area contributed by atoms with Crippen molar-refractivity contribution in [2.75, 3.05) is 12.4 Å². The molecule has 0 unspecified atom stereocenters. The van der Waals surface area contributed by atoms with E-state index in [0.29, 0.717) is 5.75 Å². The van der Waals surface area contributed by atoms with E-state index in [1.54, 1.807) is 19.4 Å². The highest BCUT2D eigenvalue weighted by molar-refractivity contribution is 6.06. The van der Waals surface area contributed by atoms with Gasteiger partial charge in [0.05, 0.1) is 13.4 Å². The Hall–Kier alpha value is -3.79. The van der Waals surface area contributed by atoms with Crippen molar-refractivity contribution >= 4 is 28.1 Å². The van der Waals surface area contributed by atoms with E-state index in [2.05, 4.69) is 24.4 Å². The van der Waals surface area contributed by atoms with Crippen molar-refractivity contribution in [3.05, 3.63) is 89.2 Å². The third-order valence-electron chi connectivity index (χ3n) is 5.88. The summed E-state index contributed by atoms with van der Waals surface area (Å²) in [6, 6.07) is 18.1. The average Bonchev–Trinajstić information content (AvgIpc) is 3.21. The first kappa shape index (κ1) is 21.4. The molecule has 162 valence electrons. The molecule has 4 aromatic rings. The smallest absolute Gasteiger partial charge is 0.248 e. The lowest BCUT2D eigenvalue weighted by molar-refractivity contribution is -0.111. The largest absolute Gasteiger partial charge is 0.496 e. The lowest BCUT2D eigenvalue weighted by Crippen LogP contribution is -2.09. The molecule has 1 aromatic heterocycles. The third kappa shape index (κ3) is 4.04. The molecule has 0 bridgehead atoms. The van der Waals surface area contributed by atoms with Crippen LogP contribution in [-0.2, 0) is 4.79 Å². The molecule has 0 radical (unpaired) electrons. The number of furan rings is 1. The molecule has 3 aromatic carbocycles. The Labute approximate surface area is 188 Å². The number of rotatable bonds is 5. The summed E-state index contributed by atoms with van der Waals surface area (Å²) in [5.41, 5.74) is 8.58. The molecule has 0 saturated heterocycles. The van der Waals surface area contributed by atoms with E-state index in [1.165, 1.54) is 5.56 Å². The van der Waals surface area contributed by atoms with Crippen LogP contribution in [0.25, 0.3) is 27.7 Å². The SMILES string of the molecule is COc1c(/C(C)=C/C(=O)Nc2ccc(C)c(C)c2)cc2c(-c3ccccc3)coc2c1C.